The standard InChI is InChI=1S/C18H23BrN2O4/c1-2-25-17(23)7-4-3-6-16(22)20-12-5-13-21(20)18(24)14-8-10-15(19)11-9-14/h8-11H,2-7,12-13H2,1H3. The highest BCUT2D eigenvalue weighted by Gasteiger charge is 2.30. The highest BCUT2D eigenvalue weighted by molar-refractivity contribution is 9.10. The van der Waals surface area contributed by atoms with Crippen molar-refractivity contribution < 1.29 is 19.1 Å². The molecular formula is C18H23BrN2O4. The minimum absolute atomic E-state index is 0.0770. The molecule has 1 aromatic carbocycles. The lowest BCUT2D eigenvalue weighted by Gasteiger charge is -2.28. The normalized spacial score (nSPS) is 13.8. The van der Waals surface area contributed by atoms with E-state index in [1.54, 1.807) is 19.1 Å². The third-order valence-corrected chi connectivity index (χ3v) is 4.50. The Balaban J connectivity index is 1.85. The van der Waals surface area contributed by atoms with Gasteiger partial charge in [0.1, 0.15) is 0 Å². The molecule has 2 rings (SSSR count). The van der Waals surface area contributed by atoms with E-state index in [1.165, 1.54) is 10.0 Å². The highest BCUT2D eigenvalue weighted by Crippen LogP contribution is 2.19. The van der Waals surface area contributed by atoms with E-state index in [-0.39, 0.29) is 17.8 Å². The van der Waals surface area contributed by atoms with Gasteiger partial charge in [0.15, 0.2) is 0 Å². The molecule has 0 spiro atoms. The number of rotatable bonds is 7. The Morgan fingerprint density at radius 1 is 1.04 bits per heavy atom. The summed E-state index contributed by atoms with van der Waals surface area (Å²) in [5.41, 5.74) is 0.560. The van der Waals surface area contributed by atoms with Crippen molar-refractivity contribution in [1.82, 2.24) is 10.0 Å². The van der Waals surface area contributed by atoms with Crippen LogP contribution in [0.25, 0.3) is 0 Å². The maximum atomic E-state index is 12.6. The van der Waals surface area contributed by atoms with Crippen molar-refractivity contribution in [2.75, 3.05) is 19.7 Å². The van der Waals surface area contributed by atoms with Crippen LogP contribution in [0.2, 0.25) is 0 Å². The van der Waals surface area contributed by atoms with Crippen molar-refractivity contribution >= 4 is 33.7 Å². The van der Waals surface area contributed by atoms with Crippen LogP contribution in [0.3, 0.4) is 0 Å². The summed E-state index contributed by atoms with van der Waals surface area (Å²) in [6.07, 6.45) is 2.64. The molecule has 1 aromatic rings. The van der Waals surface area contributed by atoms with E-state index in [0.717, 1.165) is 10.9 Å². The molecule has 0 unspecified atom stereocenters. The van der Waals surface area contributed by atoms with Crippen molar-refractivity contribution in [3.63, 3.8) is 0 Å². The number of hydrogen-bond acceptors (Lipinski definition) is 4. The van der Waals surface area contributed by atoms with Gasteiger partial charge in [0, 0.05) is 36.0 Å². The fourth-order valence-corrected chi connectivity index (χ4v) is 3.00. The molecule has 7 heteroatoms. The van der Waals surface area contributed by atoms with Gasteiger partial charge in [-0.3, -0.25) is 19.4 Å². The summed E-state index contributed by atoms with van der Waals surface area (Å²) in [5, 5.41) is 3.06. The lowest BCUT2D eigenvalue weighted by Crippen LogP contribution is -2.44. The van der Waals surface area contributed by atoms with E-state index in [1.807, 2.05) is 12.1 Å². The zero-order valence-electron chi connectivity index (χ0n) is 14.4. The molecule has 0 aromatic heterocycles. The van der Waals surface area contributed by atoms with Gasteiger partial charge < -0.3 is 4.74 Å². The Bertz CT molecular complexity index is 618. The number of carbonyl (C=O) groups is 3. The molecule has 0 aliphatic carbocycles. The molecule has 0 bridgehead atoms. The van der Waals surface area contributed by atoms with E-state index in [2.05, 4.69) is 15.9 Å². The van der Waals surface area contributed by atoms with Gasteiger partial charge in [-0.2, -0.15) is 0 Å². The minimum atomic E-state index is -0.233. The van der Waals surface area contributed by atoms with E-state index in [0.29, 0.717) is 50.9 Å². The summed E-state index contributed by atoms with van der Waals surface area (Å²) in [6, 6.07) is 7.11. The fraction of sp³-hybridized carbons (Fsp3) is 0.500. The number of ether oxygens (including phenoxy) is 1. The molecule has 1 saturated heterocycles. The Labute approximate surface area is 156 Å². The van der Waals surface area contributed by atoms with E-state index in [9.17, 15) is 14.4 Å². The number of esters is 1. The van der Waals surface area contributed by atoms with Gasteiger partial charge in [-0.25, -0.2) is 5.01 Å². The Hall–Kier alpha value is -1.89. The quantitative estimate of drug-likeness (QED) is 0.511. The second-order valence-electron chi connectivity index (χ2n) is 5.82. The van der Waals surface area contributed by atoms with Crippen LogP contribution < -0.4 is 0 Å². The lowest BCUT2D eigenvalue weighted by molar-refractivity contribution is -0.144. The van der Waals surface area contributed by atoms with Crippen LogP contribution in [0.4, 0.5) is 0 Å². The summed E-state index contributed by atoms with van der Waals surface area (Å²) in [5.74, 6) is -0.472. The number of nitrogens with zero attached hydrogens (tertiary/aromatic N) is 2. The molecule has 25 heavy (non-hydrogen) atoms. The summed E-state index contributed by atoms with van der Waals surface area (Å²) >= 11 is 3.35. The zero-order valence-corrected chi connectivity index (χ0v) is 16.0. The topological polar surface area (TPSA) is 66.9 Å². The summed E-state index contributed by atoms with van der Waals surface area (Å²) in [7, 11) is 0. The van der Waals surface area contributed by atoms with Gasteiger partial charge in [0.2, 0.25) is 5.91 Å². The molecule has 1 aliphatic heterocycles. The first kappa shape index (κ1) is 19.4. The summed E-state index contributed by atoms with van der Waals surface area (Å²) in [6.45, 7) is 3.24. The van der Waals surface area contributed by atoms with Gasteiger partial charge in [-0.1, -0.05) is 15.9 Å². The zero-order chi connectivity index (χ0) is 18.2. The first-order valence-corrected chi connectivity index (χ1v) is 9.35. The van der Waals surface area contributed by atoms with Gasteiger partial charge in [0.05, 0.1) is 6.61 Å². The Morgan fingerprint density at radius 3 is 2.36 bits per heavy atom. The number of hydrogen-bond donors (Lipinski definition) is 0. The molecule has 1 fully saturated rings. The average molecular weight is 411 g/mol. The minimum Gasteiger partial charge on any atom is -0.466 e. The van der Waals surface area contributed by atoms with Crippen molar-refractivity contribution in [3.8, 4) is 0 Å². The first-order chi connectivity index (χ1) is 12.0. The molecule has 2 amide bonds. The van der Waals surface area contributed by atoms with Gasteiger partial charge in [0.25, 0.3) is 5.91 Å². The molecule has 1 heterocycles. The van der Waals surface area contributed by atoms with Crippen LogP contribution in [-0.2, 0) is 14.3 Å². The number of carbonyl (C=O) groups excluding carboxylic acids is 3. The molecular weight excluding hydrogens is 388 g/mol. The maximum Gasteiger partial charge on any atom is 0.305 e. The summed E-state index contributed by atoms with van der Waals surface area (Å²) < 4.78 is 5.77. The molecule has 6 nitrogen and oxygen atoms in total. The number of benzene rings is 1. The predicted molar refractivity (Wildman–Crippen MR) is 96.6 cm³/mol. The van der Waals surface area contributed by atoms with Crippen LogP contribution in [0.1, 0.15) is 49.4 Å². The Kier molecular flexibility index (Phi) is 7.43. The first-order valence-electron chi connectivity index (χ1n) is 8.56. The van der Waals surface area contributed by atoms with Crippen molar-refractivity contribution in [2.45, 2.75) is 39.0 Å². The molecule has 136 valence electrons. The van der Waals surface area contributed by atoms with E-state index < -0.39 is 0 Å². The SMILES string of the molecule is CCOC(=O)CCCCC(=O)N1CCCN1C(=O)c1ccc(Br)cc1. The van der Waals surface area contributed by atoms with Crippen LogP contribution in [0.15, 0.2) is 28.7 Å². The number of halogens is 1. The van der Waals surface area contributed by atoms with Crippen LogP contribution in [0, 0.1) is 0 Å². The third kappa shape index (κ3) is 5.56. The highest BCUT2D eigenvalue weighted by atomic mass is 79.9. The molecule has 0 radical (unpaired) electrons. The van der Waals surface area contributed by atoms with Crippen LogP contribution in [0.5, 0.6) is 0 Å². The van der Waals surface area contributed by atoms with E-state index >= 15 is 0 Å². The Morgan fingerprint density at radius 2 is 1.68 bits per heavy atom. The average Bonchev–Trinajstić information content (AvgIpc) is 3.08. The second-order valence-corrected chi connectivity index (χ2v) is 6.73. The third-order valence-electron chi connectivity index (χ3n) is 3.97. The molecule has 0 atom stereocenters. The number of hydrazine groups is 1. The second kappa shape index (κ2) is 9.56. The molecule has 0 saturated carbocycles. The predicted octanol–water partition coefficient (Wildman–Crippen LogP) is 3.16. The number of unbranched alkanes of at least 4 members (excludes halogenated alkanes) is 1. The van der Waals surface area contributed by atoms with Crippen molar-refractivity contribution in [3.05, 3.63) is 34.3 Å². The van der Waals surface area contributed by atoms with Crippen LogP contribution >= 0.6 is 15.9 Å². The van der Waals surface area contributed by atoms with Gasteiger partial charge in [-0.05, 0) is 50.5 Å². The number of amides is 2. The smallest absolute Gasteiger partial charge is 0.305 e. The van der Waals surface area contributed by atoms with Gasteiger partial charge >= 0.3 is 5.97 Å². The molecule has 1 aliphatic rings. The van der Waals surface area contributed by atoms with Crippen LogP contribution in [-0.4, -0.2) is 47.5 Å². The van der Waals surface area contributed by atoms with E-state index in [4.69, 9.17) is 4.74 Å². The van der Waals surface area contributed by atoms with Crippen molar-refractivity contribution in [2.24, 2.45) is 0 Å². The summed E-state index contributed by atoms with van der Waals surface area (Å²) in [4.78, 5) is 36.3. The lowest BCUT2D eigenvalue weighted by atomic mass is 10.2. The fourth-order valence-electron chi connectivity index (χ4n) is 2.73. The molecule has 0 N–H and O–H groups in total. The largest absolute Gasteiger partial charge is 0.466 e. The van der Waals surface area contributed by atoms with Gasteiger partial charge in [-0.15, -0.1) is 0 Å². The monoisotopic (exact) mass is 410 g/mol. The maximum absolute atomic E-state index is 12.6. The van der Waals surface area contributed by atoms with Crippen molar-refractivity contribution in [1.29, 1.82) is 0 Å².